The van der Waals surface area contributed by atoms with E-state index in [0.717, 1.165) is 17.9 Å². The van der Waals surface area contributed by atoms with Gasteiger partial charge >= 0.3 is 5.97 Å². The molecule has 6 nitrogen and oxygen atoms in total. The minimum Gasteiger partial charge on any atom is -0.481 e. The standard InChI is InChI=1S/C12H14N4O2/c1-8-6-15(7-9(8)12(17)18)11-10-2-3-14-16(10)5-4-13-11/h2-5,8-9H,6-7H2,1H3,(H,17,18). The van der Waals surface area contributed by atoms with Gasteiger partial charge in [-0.15, -0.1) is 0 Å². The van der Waals surface area contributed by atoms with Crippen LogP contribution in [0.4, 0.5) is 5.82 Å². The summed E-state index contributed by atoms with van der Waals surface area (Å²) >= 11 is 0. The highest BCUT2D eigenvalue weighted by Gasteiger charge is 2.35. The van der Waals surface area contributed by atoms with Gasteiger partial charge in [-0.2, -0.15) is 5.10 Å². The Hall–Kier alpha value is -2.11. The normalized spacial score (nSPS) is 23.7. The molecule has 1 fully saturated rings. The fourth-order valence-corrected chi connectivity index (χ4v) is 2.55. The molecular formula is C12H14N4O2. The molecule has 1 aliphatic rings. The first-order valence-electron chi connectivity index (χ1n) is 5.93. The van der Waals surface area contributed by atoms with Crippen LogP contribution in [0.5, 0.6) is 0 Å². The summed E-state index contributed by atoms with van der Waals surface area (Å²) < 4.78 is 1.75. The monoisotopic (exact) mass is 246 g/mol. The largest absolute Gasteiger partial charge is 0.481 e. The van der Waals surface area contributed by atoms with Gasteiger partial charge in [0.2, 0.25) is 0 Å². The van der Waals surface area contributed by atoms with Crippen molar-refractivity contribution in [1.82, 2.24) is 14.6 Å². The molecule has 2 aromatic rings. The van der Waals surface area contributed by atoms with E-state index in [2.05, 4.69) is 10.1 Å². The second-order valence-electron chi connectivity index (χ2n) is 4.74. The lowest BCUT2D eigenvalue weighted by atomic mass is 9.99. The topological polar surface area (TPSA) is 70.7 Å². The van der Waals surface area contributed by atoms with E-state index >= 15 is 0 Å². The quantitative estimate of drug-likeness (QED) is 0.852. The second kappa shape index (κ2) is 3.97. The molecule has 0 aromatic carbocycles. The maximum atomic E-state index is 11.1. The van der Waals surface area contributed by atoms with E-state index in [4.69, 9.17) is 5.11 Å². The van der Waals surface area contributed by atoms with Gasteiger partial charge in [-0.3, -0.25) is 4.79 Å². The number of hydrogen-bond donors (Lipinski definition) is 1. The summed E-state index contributed by atoms with van der Waals surface area (Å²) in [5.41, 5.74) is 0.913. The first-order valence-corrected chi connectivity index (χ1v) is 5.93. The predicted molar refractivity (Wildman–Crippen MR) is 65.5 cm³/mol. The van der Waals surface area contributed by atoms with Gasteiger partial charge in [0, 0.05) is 25.5 Å². The molecule has 0 amide bonds. The Morgan fingerprint density at radius 2 is 2.28 bits per heavy atom. The summed E-state index contributed by atoms with van der Waals surface area (Å²) in [6, 6.07) is 1.89. The van der Waals surface area contributed by atoms with Crippen LogP contribution in [0.15, 0.2) is 24.7 Å². The van der Waals surface area contributed by atoms with Crippen molar-refractivity contribution in [3.05, 3.63) is 24.7 Å². The lowest BCUT2D eigenvalue weighted by Gasteiger charge is -2.17. The third-order valence-corrected chi connectivity index (χ3v) is 3.53. The molecule has 0 saturated carbocycles. The van der Waals surface area contributed by atoms with Gasteiger partial charge in [-0.25, -0.2) is 9.50 Å². The zero-order valence-electron chi connectivity index (χ0n) is 10.0. The molecule has 1 aliphatic heterocycles. The van der Waals surface area contributed by atoms with Crippen molar-refractivity contribution >= 4 is 17.3 Å². The predicted octanol–water partition coefficient (Wildman–Crippen LogP) is 0.886. The van der Waals surface area contributed by atoms with Crippen LogP contribution in [0, 0.1) is 11.8 Å². The number of carbonyl (C=O) groups is 1. The smallest absolute Gasteiger partial charge is 0.308 e. The van der Waals surface area contributed by atoms with Crippen LogP contribution in [0.3, 0.4) is 0 Å². The maximum Gasteiger partial charge on any atom is 0.308 e. The van der Waals surface area contributed by atoms with E-state index in [1.54, 1.807) is 23.1 Å². The first kappa shape index (κ1) is 11.0. The van der Waals surface area contributed by atoms with Gasteiger partial charge in [-0.05, 0) is 12.0 Å². The van der Waals surface area contributed by atoms with Gasteiger partial charge < -0.3 is 10.0 Å². The minimum absolute atomic E-state index is 0.132. The summed E-state index contributed by atoms with van der Waals surface area (Å²) in [5, 5.41) is 13.3. The van der Waals surface area contributed by atoms with Crippen LogP contribution in [0.2, 0.25) is 0 Å². The summed E-state index contributed by atoms with van der Waals surface area (Å²) in [4.78, 5) is 17.5. The van der Waals surface area contributed by atoms with Gasteiger partial charge in [0.1, 0.15) is 5.52 Å². The van der Waals surface area contributed by atoms with Crippen molar-refractivity contribution in [2.24, 2.45) is 11.8 Å². The Kier molecular flexibility index (Phi) is 2.43. The van der Waals surface area contributed by atoms with E-state index < -0.39 is 5.97 Å². The molecule has 6 heteroatoms. The fraction of sp³-hybridized carbons (Fsp3) is 0.417. The molecule has 1 saturated heterocycles. The molecule has 3 heterocycles. The van der Waals surface area contributed by atoms with E-state index in [0.29, 0.717) is 6.54 Å². The molecule has 0 spiro atoms. The van der Waals surface area contributed by atoms with E-state index in [1.165, 1.54) is 0 Å². The van der Waals surface area contributed by atoms with Crippen LogP contribution >= 0.6 is 0 Å². The van der Waals surface area contributed by atoms with Crippen molar-refractivity contribution in [2.45, 2.75) is 6.92 Å². The third kappa shape index (κ3) is 1.61. The van der Waals surface area contributed by atoms with Crippen molar-refractivity contribution in [2.75, 3.05) is 18.0 Å². The molecule has 2 unspecified atom stereocenters. The average Bonchev–Trinajstić information content (AvgIpc) is 2.94. The number of anilines is 1. The van der Waals surface area contributed by atoms with Crippen LogP contribution in [-0.4, -0.2) is 38.8 Å². The number of carboxylic acids is 1. The average molecular weight is 246 g/mol. The molecule has 2 aromatic heterocycles. The Morgan fingerprint density at radius 1 is 1.44 bits per heavy atom. The summed E-state index contributed by atoms with van der Waals surface area (Å²) in [6.07, 6.45) is 5.19. The van der Waals surface area contributed by atoms with Crippen molar-refractivity contribution in [1.29, 1.82) is 0 Å². The summed E-state index contributed by atoms with van der Waals surface area (Å²) in [5.74, 6) is -0.112. The van der Waals surface area contributed by atoms with Crippen LogP contribution in [-0.2, 0) is 4.79 Å². The zero-order valence-corrected chi connectivity index (χ0v) is 10.0. The molecule has 0 radical (unpaired) electrons. The van der Waals surface area contributed by atoms with Gasteiger partial charge in [0.25, 0.3) is 0 Å². The summed E-state index contributed by atoms with van der Waals surface area (Å²) in [6.45, 7) is 3.19. The highest BCUT2D eigenvalue weighted by Crippen LogP contribution is 2.29. The van der Waals surface area contributed by atoms with Crippen LogP contribution in [0.1, 0.15) is 6.92 Å². The van der Waals surface area contributed by atoms with E-state index in [-0.39, 0.29) is 11.8 Å². The SMILES string of the molecule is CC1CN(c2nccn3nccc23)CC1C(=O)O. The Bertz CT molecular complexity index is 595. The molecule has 3 rings (SSSR count). The molecule has 94 valence electrons. The number of fused-ring (bicyclic) bond motifs is 1. The van der Waals surface area contributed by atoms with Crippen molar-refractivity contribution < 1.29 is 9.90 Å². The lowest BCUT2D eigenvalue weighted by Crippen LogP contribution is -2.24. The zero-order chi connectivity index (χ0) is 12.7. The highest BCUT2D eigenvalue weighted by atomic mass is 16.4. The number of nitrogens with zero attached hydrogens (tertiary/aromatic N) is 4. The molecule has 1 N–H and O–H groups in total. The number of aliphatic carboxylic acids is 1. The van der Waals surface area contributed by atoms with Crippen molar-refractivity contribution in [3.63, 3.8) is 0 Å². The van der Waals surface area contributed by atoms with Crippen molar-refractivity contribution in [3.8, 4) is 0 Å². The molecule has 0 aliphatic carbocycles. The minimum atomic E-state index is -0.731. The Morgan fingerprint density at radius 3 is 3.00 bits per heavy atom. The Balaban J connectivity index is 1.97. The number of aromatic nitrogens is 3. The number of rotatable bonds is 2. The van der Waals surface area contributed by atoms with Crippen LogP contribution < -0.4 is 4.90 Å². The second-order valence-corrected chi connectivity index (χ2v) is 4.74. The fourth-order valence-electron chi connectivity index (χ4n) is 2.55. The molecule has 18 heavy (non-hydrogen) atoms. The first-order chi connectivity index (χ1) is 8.66. The number of carboxylic acid groups (broad SMARTS) is 1. The van der Waals surface area contributed by atoms with Gasteiger partial charge in [0.05, 0.1) is 12.1 Å². The number of hydrogen-bond acceptors (Lipinski definition) is 4. The summed E-state index contributed by atoms with van der Waals surface area (Å²) in [7, 11) is 0. The molecular weight excluding hydrogens is 232 g/mol. The van der Waals surface area contributed by atoms with E-state index in [9.17, 15) is 4.79 Å². The lowest BCUT2D eigenvalue weighted by molar-refractivity contribution is -0.142. The molecule has 0 bridgehead atoms. The third-order valence-electron chi connectivity index (χ3n) is 3.53. The van der Waals surface area contributed by atoms with E-state index in [1.807, 2.05) is 17.9 Å². The highest BCUT2D eigenvalue weighted by molar-refractivity contribution is 5.74. The van der Waals surface area contributed by atoms with Gasteiger partial charge in [0.15, 0.2) is 5.82 Å². The Labute approximate surface area is 104 Å². The molecule has 2 atom stereocenters. The van der Waals surface area contributed by atoms with Crippen LogP contribution in [0.25, 0.3) is 5.52 Å². The van der Waals surface area contributed by atoms with Gasteiger partial charge in [-0.1, -0.05) is 6.92 Å². The maximum absolute atomic E-state index is 11.1.